The van der Waals surface area contributed by atoms with Crippen LogP contribution in [-0.2, 0) is 4.74 Å². The third kappa shape index (κ3) is 4.36. The minimum atomic E-state index is -0.621. The summed E-state index contributed by atoms with van der Waals surface area (Å²) in [4.78, 5) is 25.1. The van der Waals surface area contributed by atoms with E-state index in [0.29, 0.717) is 17.9 Å². The van der Waals surface area contributed by atoms with Gasteiger partial charge in [0.05, 0.1) is 17.2 Å². The first-order valence-corrected chi connectivity index (χ1v) is 9.77. The number of ether oxygens (including phenoxy) is 2. The van der Waals surface area contributed by atoms with Crippen molar-refractivity contribution < 1.29 is 24.2 Å². The minimum Gasteiger partial charge on any atom is -0.507 e. The van der Waals surface area contributed by atoms with Gasteiger partial charge in [-0.15, -0.1) is 0 Å². The second kappa shape index (κ2) is 8.84. The monoisotopic (exact) mass is 406 g/mol. The molecule has 1 unspecified atom stereocenters. The number of nitrogens with one attached hydrogen (secondary N) is 2. The van der Waals surface area contributed by atoms with Gasteiger partial charge in [-0.3, -0.25) is 20.4 Å². The van der Waals surface area contributed by atoms with Crippen LogP contribution in [0.15, 0.2) is 60.7 Å². The van der Waals surface area contributed by atoms with Crippen molar-refractivity contribution in [3.8, 4) is 11.5 Å². The van der Waals surface area contributed by atoms with Gasteiger partial charge in [0.1, 0.15) is 18.1 Å². The Labute approximate surface area is 173 Å². The maximum Gasteiger partial charge on any atom is 0.273 e. The standard InChI is InChI=1S/C23H22N2O5/c26-20-13-16-7-2-1-6-15(16)12-19(20)23(28)25-24-22(27)18-9-3-4-10-21(18)30-14-17-8-5-11-29-17/h1-4,6-7,9-10,12-13,17,26H,5,8,11,14H2,(H,24,27)(H,25,28). The van der Waals surface area contributed by atoms with Crippen molar-refractivity contribution in [2.24, 2.45) is 0 Å². The third-order valence-electron chi connectivity index (χ3n) is 4.98. The molecule has 0 spiro atoms. The van der Waals surface area contributed by atoms with E-state index >= 15 is 0 Å². The van der Waals surface area contributed by atoms with E-state index in [2.05, 4.69) is 10.9 Å². The van der Waals surface area contributed by atoms with Crippen LogP contribution in [0.25, 0.3) is 10.8 Å². The first-order chi connectivity index (χ1) is 14.6. The molecule has 1 aliphatic rings. The van der Waals surface area contributed by atoms with Gasteiger partial charge in [0.2, 0.25) is 0 Å². The van der Waals surface area contributed by atoms with Crippen molar-refractivity contribution in [2.75, 3.05) is 13.2 Å². The van der Waals surface area contributed by atoms with Gasteiger partial charge in [-0.2, -0.15) is 0 Å². The van der Waals surface area contributed by atoms with Gasteiger partial charge in [-0.05, 0) is 47.9 Å². The number of phenolic OH excluding ortho intramolecular Hbond substituents is 1. The lowest BCUT2D eigenvalue weighted by Crippen LogP contribution is -2.41. The molecule has 4 rings (SSSR count). The van der Waals surface area contributed by atoms with E-state index in [1.807, 2.05) is 24.3 Å². The second-order valence-corrected chi connectivity index (χ2v) is 7.07. The highest BCUT2D eigenvalue weighted by atomic mass is 16.5. The summed E-state index contributed by atoms with van der Waals surface area (Å²) in [5, 5.41) is 11.8. The number of hydrazine groups is 1. The Hall–Kier alpha value is -3.58. The molecule has 30 heavy (non-hydrogen) atoms. The molecule has 1 saturated heterocycles. The van der Waals surface area contributed by atoms with Crippen molar-refractivity contribution in [3.63, 3.8) is 0 Å². The molecule has 1 atom stereocenters. The van der Waals surface area contributed by atoms with Crippen LogP contribution in [0.2, 0.25) is 0 Å². The van der Waals surface area contributed by atoms with E-state index in [4.69, 9.17) is 9.47 Å². The molecule has 7 nitrogen and oxygen atoms in total. The van der Waals surface area contributed by atoms with E-state index in [1.54, 1.807) is 30.3 Å². The Morgan fingerprint density at radius 3 is 2.37 bits per heavy atom. The number of phenols is 1. The molecule has 0 aliphatic carbocycles. The molecule has 2 amide bonds. The van der Waals surface area contributed by atoms with Crippen LogP contribution in [0.5, 0.6) is 11.5 Å². The first kappa shape index (κ1) is 19.7. The molecular weight excluding hydrogens is 384 g/mol. The van der Waals surface area contributed by atoms with Crippen LogP contribution < -0.4 is 15.6 Å². The molecule has 7 heteroatoms. The second-order valence-electron chi connectivity index (χ2n) is 7.07. The fraction of sp³-hybridized carbons (Fsp3) is 0.217. The molecule has 3 aromatic rings. The predicted molar refractivity (Wildman–Crippen MR) is 111 cm³/mol. The van der Waals surface area contributed by atoms with Crippen LogP contribution in [0.1, 0.15) is 33.6 Å². The van der Waals surface area contributed by atoms with Gasteiger partial charge < -0.3 is 14.6 Å². The van der Waals surface area contributed by atoms with Crippen molar-refractivity contribution in [3.05, 3.63) is 71.8 Å². The number of hydrogen-bond acceptors (Lipinski definition) is 5. The van der Waals surface area contributed by atoms with Crippen LogP contribution in [0, 0.1) is 0 Å². The van der Waals surface area contributed by atoms with E-state index in [1.165, 1.54) is 6.07 Å². The summed E-state index contributed by atoms with van der Waals surface area (Å²) in [6, 6.07) is 17.2. The van der Waals surface area contributed by atoms with Gasteiger partial charge in [-0.25, -0.2) is 0 Å². The Balaban J connectivity index is 1.42. The third-order valence-corrected chi connectivity index (χ3v) is 4.98. The van der Waals surface area contributed by atoms with E-state index < -0.39 is 11.8 Å². The number of fused-ring (bicyclic) bond motifs is 1. The van der Waals surface area contributed by atoms with E-state index in [9.17, 15) is 14.7 Å². The summed E-state index contributed by atoms with van der Waals surface area (Å²) >= 11 is 0. The fourth-order valence-corrected chi connectivity index (χ4v) is 3.40. The van der Waals surface area contributed by atoms with Crippen LogP contribution in [-0.4, -0.2) is 36.2 Å². The molecule has 1 fully saturated rings. The topological polar surface area (TPSA) is 96.9 Å². The van der Waals surface area contributed by atoms with Gasteiger partial charge in [-0.1, -0.05) is 36.4 Å². The largest absolute Gasteiger partial charge is 0.507 e. The quantitative estimate of drug-likeness (QED) is 0.566. The van der Waals surface area contributed by atoms with Gasteiger partial charge in [0.25, 0.3) is 11.8 Å². The maximum atomic E-state index is 12.6. The highest BCUT2D eigenvalue weighted by Gasteiger charge is 2.19. The summed E-state index contributed by atoms with van der Waals surface area (Å²) < 4.78 is 11.3. The molecular formula is C23H22N2O5. The Kier molecular flexibility index (Phi) is 5.81. The molecule has 0 aromatic heterocycles. The van der Waals surface area contributed by atoms with Crippen LogP contribution in [0.3, 0.4) is 0 Å². The molecule has 3 aromatic carbocycles. The maximum absolute atomic E-state index is 12.6. The summed E-state index contributed by atoms with van der Waals surface area (Å²) in [5.74, 6) is -0.898. The van der Waals surface area contributed by atoms with Crippen molar-refractivity contribution in [2.45, 2.75) is 18.9 Å². The lowest BCUT2D eigenvalue weighted by atomic mass is 10.1. The lowest BCUT2D eigenvalue weighted by Gasteiger charge is -2.15. The number of rotatable bonds is 5. The number of amides is 2. The van der Waals surface area contributed by atoms with Crippen LogP contribution >= 0.6 is 0 Å². The van der Waals surface area contributed by atoms with E-state index in [0.717, 1.165) is 30.2 Å². The molecule has 0 radical (unpaired) electrons. The molecule has 1 heterocycles. The Morgan fingerprint density at radius 1 is 0.967 bits per heavy atom. The summed E-state index contributed by atoms with van der Waals surface area (Å²) in [7, 11) is 0. The number of para-hydroxylation sites is 1. The average molecular weight is 406 g/mol. The normalized spacial score (nSPS) is 15.7. The molecule has 0 bridgehead atoms. The molecule has 0 saturated carbocycles. The number of carbonyl (C=O) groups is 2. The Bertz CT molecular complexity index is 1080. The van der Waals surface area contributed by atoms with Gasteiger partial charge >= 0.3 is 0 Å². The molecule has 3 N–H and O–H groups in total. The number of benzene rings is 3. The van der Waals surface area contributed by atoms with Crippen molar-refractivity contribution in [1.82, 2.24) is 10.9 Å². The molecule has 1 aliphatic heterocycles. The average Bonchev–Trinajstić information content (AvgIpc) is 3.29. The summed E-state index contributed by atoms with van der Waals surface area (Å²) in [6.07, 6.45) is 1.96. The van der Waals surface area contributed by atoms with E-state index in [-0.39, 0.29) is 17.4 Å². The number of hydrogen-bond donors (Lipinski definition) is 3. The minimum absolute atomic E-state index is 0.0247. The zero-order valence-corrected chi connectivity index (χ0v) is 16.3. The first-order valence-electron chi connectivity index (χ1n) is 9.77. The zero-order valence-electron chi connectivity index (χ0n) is 16.3. The highest BCUT2D eigenvalue weighted by Crippen LogP contribution is 2.25. The van der Waals surface area contributed by atoms with Crippen molar-refractivity contribution in [1.29, 1.82) is 0 Å². The fourth-order valence-electron chi connectivity index (χ4n) is 3.40. The smallest absolute Gasteiger partial charge is 0.273 e. The van der Waals surface area contributed by atoms with Gasteiger partial charge in [0, 0.05) is 6.61 Å². The lowest BCUT2D eigenvalue weighted by molar-refractivity contribution is 0.0669. The van der Waals surface area contributed by atoms with Crippen molar-refractivity contribution >= 4 is 22.6 Å². The molecule has 154 valence electrons. The SMILES string of the molecule is O=C(NNC(=O)c1ccccc1OCC1CCCO1)c1cc2ccccc2cc1O. The van der Waals surface area contributed by atoms with Gasteiger partial charge in [0.15, 0.2) is 0 Å². The zero-order chi connectivity index (χ0) is 20.9. The summed E-state index contributed by atoms with van der Waals surface area (Å²) in [5.41, 5.74) is 5.09. The summed E-state index contributed by atoms with van der Waals surface area (Å²) in [6.45, 7) is 1.09. The van der Waals surface area contributed by atoms with Crippen LogP contribution in [0.4, 0.5) is 0 Å². The highest BCUT2D eigenvalue weighted by molar-refractivity contribution is 6.03. The number of carbonyl (C=O) groups excluding carboxylic acids is 2. The number of aromatic hydroxyl groups is 1. The Morgan fingerprint density at radius 2 is 1.63 bits per heavy atom. The predicted octanol–water partition coefficient (Wildman–Crippen LogP) is 3.18.